The molecule has 0 radical (unpaired) electrons. The summed E-state index contributed by atoms with van der Waals surface area (Å²) in [6, 6.07) is 43.7. The molecule has 4 aromatic carbocycles. The highest BCUT2D eigenvalue weighted by molar-refractivity contribution is 9.11. The number of nitrogen functional groups attached to an aromatic ring is 5. The lowest BCUT2D eigenvalue weighted by Gasteiger charge is -2.33. The molecule has 0 saturated carbocycles. The van der Waals surface area contributed by atoms with E-state index in [2.05, 4.69) is 158 Å². The fourth-order valence-corrected chi connectivity index (χ4v) is 21.9. The van der Waals surface area contributed by atoms with Gasteiger partial charge in [-0.25, -0.2) is 29.7 Å². The summed E-state index contributed by atoms with van der Waals surface area (Å²) >= 11 is 14.4. The van der Waals surface area contributed by atoms with Crippen LogP contribution in [0.2, 0.25) is 0 Å². The van der Waals surface area contributed by atoms with Crippen LogP contribution in [-0.2, 0) is 45.2 Å². The number of hydrogen-bond donors (Lipinski definition) is 8. The molecule has 5 aliphatic rings. The van der Waals surface area contributed by atoms with E-state index in [0.717, 1.165) is 169 Å². The van der Waals surface area contributed by atoms with E-state index in [4.69, 9.17) is 77.6 Å². The average Bonchev–Trinajstić information content (AvgIpc) is 1.61. The van der Waals surface area contributed by atoms with Crippen molar-refractivity contribution in [1.82, 2.24) is 103 Å². The number of para-hydroxylation sites is 4. The van der Waals surface area contributed by atoms with Crippen LogP contribution in [0.25, 0.3) is 127 Å². The van der Waals surface area contributed by atoms with E-state index in [0.29, 0.717) is 170 Å². The zero-order valence-electron chi connectivity index (χ0n) is 81.9. The molecule has 0 amide bonds. The Bertz CT molecular complexity index is 8370. The van der Waals surface area contributed by atoms with Crippen molar-refractivity contribution < 1.29 is 53.1 Å². The van der Waals surface area contributed by atoms with E-state index in [1.807, 2.05) is 152 Å². The van der Waals surface area contributed by atoms with E-state index < -0.39 is 12.1 Å². The second-order valence-corrected chi connectivity index (χ2v) is 40.4. The van der Waals surface area contributed by atoms with Crippen LogP contribution in [0.3, 0.4) is 0 Å². The molecule has 41 nitrogen and oxygen atoms in total. The second kappa shape index (κ2) is 43.9. The van der Waals surface area contributed by atoms with Crippen molar-refractivity contribution in [3.63, 3.8) is 0 Å². The Morgan fingerprint density at radius 1 is 0.400 bits per heavy atom. The molecule has 0 bridgehead atoms. The fraction of sp³-hybridized carbons (Fsp3) is 0.286. The first kappa shape index (κ1) is 101. The topological polar surface area (TPSA) is 525 Å². The minimum Gasteiger partial charge on any atom is -0.481 e. The van der Waals surface area contributed by atoms with Gasteiger partial charge in [0.1, 0.15) is 77.9 Å². The Morgan fingerprint density at radius 2 is 0.773 bits per heavy atom. The van der Waals surface area contributed by atoms with Gasteiger partial charge in [-0.15, -0.1) is 0 Å². The lowest BCUT2D eigenvalue weighted by molar-refractivity contribution is -0.146. The molecular weight excluding hydrogens is 2180 g/mol. The van der Waals surface area contributed by atoms with Gasteiger partial charge in [-0.3, -0.25) is 39.1 Å². The normalized spacial score (nSPS) is 15.9. The van der Waals surface area contributed by atoms with Crippen molar-refractivity contribution in [2.45, 2.75) is 88.7 Å². The smallest absolute Gasteiger partial charge is 0.481 e. The summed E-state index contributed by atoms with van der Waals surface area (Å²) in [5, 5.41) is 47.7. The van der Waals surface area contributed by atoms with Gasteiger partial charge in [0.25, 0.3) is 0 Å². The third kappa shape index (κ3) is 20.8. The summed E-state index contributed by atoms with van der Waals surface area (Å²) in [5.74, 6) is 4.29. The summed E-state index contributed by atoms with van der Waals surface area (Å²) in [7, 11) is 6.26. The van der Waals surface area contributed by atoms with Crippen molar-refractivity contribution >= 4 is 218 Å². The standard InChI is InChI=1S/C23H23BrN6O2.C22H21BrN6O2.C21H19BrN6O3.C21H20N6O2.C18H21BrN6O2/c1-32-19(31)10-14-6-8-29(9-7-14)23-20(24)21(25)30-22(28-23)17(13-27-30)16-11-15-4-2-3-5-18(15)26-12-16;1-31-22(30)13-6-8-28(9-7-13)21-18(23)19(24)29-20(27-21)16(12-26-29)15-10-14-4-2-3-5-17(14)25-11-15;22-17-18(23)28-19(26-20(17)27-7-5-14(6-8-27)31-21(29)30)15(11-25-28)13-9-12-3-1-2-4-16(12)24-10-13;22-18-10-19(26-7-5-13(6-8-26)21(28)29)25-20-16(12-24-27(18)20)15-9-14-3-1-2-4-17(14)23-11-15;1-24-6-5-11(9-24)12-8-22-25-16(20)14(19)15(23-17(12)25)10-3-4-13(21-7-10)18(26)27-2/h2-5,11-14H,6-10,25H2,1H3;2-5,10-13H,6-9,24H2,1H3;1-4,9-11,14H,5-8,23H2,(H,29,30);1-4,9-13H,5-8,22H2,(H,28,29);5-6,8-10,13,21H,3-4,7,20H2,1-2H3. The predicted octanol–water partition coefficient (Wildman–Crippen LogP) is 16.6. The predicted molar refractivity (Wildman–Crippen MR) is 586 cm³/mol. The Labute approximate surface area is 890 Å². The van der Waals surface area contributed by atoms with Gasteiger partial charge in [0.05, 0.1) is 96.4 Å². The monoisotopic (exact) mass is 2280 g/mol. The molecule has 20 heterocycles. The maximum absolute atomic E-state index is 11.9. The number of aromatic nitrogens is 20. The number of methoxy groups -OCH3 is 3. The number of nitrogens with two attached hydrogens (primary N) is 5. The molecule has 768 valence electrons. The number of benzene rings is 4. The van der Waals surface area contributed by atoms with Gasteiger partial charge in [-0.2, -0.15) is 48.1 Å². The number of nitrogens with one attached hydrogen (secondary N) is 1. The number of carboxylic acids is 1. The molecule has 45 heteroatoms. The fourth-order valence-electron chi connectivity index (χ4n) is 19.8. The summed E-state index contributed by atoms with van der Waals surface area (Å²) in [6.45, 7) is 6.12. The van der Waals surface area contributed by atoms with E-state index in [1.165, 1.54) is 21.3 Å². The largest absolute Gasteiger partial charge is 0.506 e. The molecule has 5 aliphatic heterocycles. The molecule has 15 aromatic heterocycles. The number of pyridine rings is 4. The number of piperidine rings is 5. The highest BCUT2D eigenvalue weighted by Gasteiger charge is 2.36. The first-order chi connectivity index (χ1) is 72.7. The third-order valence-corrected chi connectivity index (χ3v) is 31.2. The van der Waals surface area contributed by atoms with Crippen LogP contribution < -0.4 is 53.6 Å². The quantitative estimate of drug-likeness (QED) is 0.0329. The molecule has 19 aromatic rings. The Kier molecular flexibility index (Phi) is 29.7. The first-order valence-electron chi connectivity index (χ1n) is 48.8. The van der Waals surface area contributed by atoms with E-state index in [9.17, 15) is 29.1 Å². The minimum absolute atomic E-state index is 0.0738. The Balaban J connectivity index is 0.000000113. The van der Waals surface area contributed by atoms with Gasteiger partial charge in [0, 0.05) is 212 Å². The maximum Gasteiger partial charge on any atom is 0.506 e. The molecule has 0 spiro atoms. The van der Waals surface area contributed by atoms with Crippen LogP contribution in [0.15, 0.2) is 220 Å². The van der Waals surface area contributed by atoms with E-state index in [1.54, 1.807) is 59.6 Å². The highest BCUT2D eigenvalue weighted by atomic mass is 79.9. The number of nitrogens with zero attached hydrogens (tertiary/aromatic N) is 24. The van der Waals surface area contributed by atoms with Gasteiger partial charge in [-0.1, -0.05) is 72.8 Å². The van der Waals surface area contributed by atoms with Crippen molar-refractivity contribution in [3.05, 3.63) is 225 Å². The van der Waals surface area contributed by atoms with Gasteiger partial charge >= 0.3 is 30.0 Å². The first-order valence-corrected chi connectivity index (χ1v) is 51.9. The van der Waals surface area contributed by atoms with Crippen molar-refractivity contribution in [2.75, 3.05) is 129 Å². The van der Waals surface area contributed by atoms with Crippen LogP contribution in [0, 0.1) is 17.8 Å². The molecule has 13 N–H and O–H groups in total. The molecule has 5 fully saturated rings. The number of carbonyl (C=O) groups is 5. The second-order valence-electron chi connectivity index (χ2n) is 37.3. The number of aliphatic carboxylic acids is 1. The molecule has 2 atom stereocenters. The lowest BCUT2D eigenvalue weighted by atomic mass is 9.91. The third-order valence-electron chi connectivity index (χ3n) is 28.1. The summed E-state index contributed by atoms with van der Waals surface area (Å²) in [6.07, 6.45) is 26.2. The zero-order valence-corrected chi connectivity index (χ0v) is 88.2. The summed E-state index contributed by atoms with van der Waals surface area (Å²) < 4.78 is 32.4. The molecular formula is C105H104Br4N30O11. The number of ether oxygens (including phenoxy) is 4. The molecule has 5 saturated heterocycles. The number of esters is 3. The van der Waals surface area contributed by atoms with E-state index in [-0.39, 0.29) is 47.8 Å². The number of fused-ring (bicyclic) bond motifs is 9. The number of hydrogen-bond acceptors (Lipinski definition) is 33. The number of anilines is 9. The molecule has 0 aliphatic carbocycles. The van der Waals surface area contributed by atoms with Gasteiger partial charge in [-0.05, 0) is 176 Å². The van der Waals surface area contributed by atoms with Crippen molar-refractivity contribution in [1.29, 1.82) is 0 Å². The van der Waals surface area contributed by atoms with E-state index >= 15 is 0 Å². The molecule has 2 unspecified atom stereocenters. The minimum atomic E-state index is -1.24. The van der Waals surface area contributed by atoms with Crippen molar-refractivity contribution in [2.24, 2.45) is 24.8 Å². The molecule has 24 rings (SSSR count). The van der Waals surface area contributed by atoms with Crippen LogP contribution in [0.4, 0.5) is 57.2 Å². The number of halogens is 4. The zero-order chi connectivity index (χ0) is 104. The van der Waals surface area contributed by atoms with Gasteiger partial charge in [0.15, 0.2) is 28.2 Å². The van der Waals surface area contributed by atoms with Crippen LogP contribution in [0.1, 0.15) is 82.2 Å². The number of rotatable bonds is 16. The van der Waals surface area contributed by atoms with Crippen molar-refractivity contribution in [3.8, 4) is 55.6 Å². The van der Waals surface area contributed by atoms with Gasteiger partial charge in [0.2, 0.25) is 0 Å². The Hall–Kier alpha value is -15.9. The summed E-state index contributed by atoms with van der Waals surface area (Å²) in [4.78, 5) is 108. The van der Waals surface area contributed by atoms with Crippen LogP contribution in [0.5, 0.6) is 0 Å². The number of carbonyl (C=O) groups excluding carboxylic acids is 3. The van der Waals surface area contributed by atoms with Crippen LogP contribution >= 0.6 is 63.7 Å². The van der Waals surface area contributed by atoms with Gasteiger partial charge < -0.3 is 87.3 Å². The number of carboxylic acid groups (broad SMARTS) is 2. The average molecular weight is 2280 g/mol. The Morgan fingerprint density at radius 3 is 1.16 bits per heavy atom. The number of aryl methyl sites for hydroxylation is 1. The van der Waals surface area contributed by atoms with Crippen LogP contribution in [-0.4, -0.2) is 230 Å². The maximum atomic E-state index is 11.9. The highest BCUT2D eigenvalue weighted by Crippen LogP contribution is 2.44. The lowest BCUT2D eigenvalue weighted by Crippen LogP contribution is -2.44. The SMILES string of the molecule is COC(=O)C1CCC(c2nc3c(-c4ccn(C)c4)cnn3c(N)c2Br)CN1.COC(=O)C1CCN(c2nc3c(-c4cnc5ccccc5c4)cnn3c(N)c2Br)CC1.COC(=O)CC1CCN(c2nc3c(-c4cnc5ccccc5c4)cnn3c(N)c2Br)CC1.Nc1c(Br)c(N2CCC(OC(=O)O)CC2)nc2c(-c3cnc4ccccc4c3)cnn12.Nc1cc(N2CCC(C(=O)O)CC2)nc2c(-c3cnc4ccccc4c3)cnn12. The summed E-state index contributed by atoms with van der Waals surface area (Å²) in [5.41, 5.74) is 48.9. The molecule has 150 heavy (non-hydrogen) atoms.